The van der Waals surface area contributed by atoms with Crippen LogP contribution in [0.3, 0.4) is 0 Å². The first-order chi connectivity index (χ1) is 9.26. The van der Waals surface area contributed by atoms with Crippen molar-refractivity contribution in [3.05, 3.63) is 44.6 Å². The van der Waals surface area contributed by atoms with Crippen LogP contribution in [0.25, 0.3) is 0 Å². The second-order valence-corrected chi connectivity index (χ2v) is 8.14. The summed E-state index contributed by atoms with van der Waals surface area (Å²) in [6.45, 7) is 0. The Labute approximate surface area is 130 Å². The molecule has 1 aliphatic carbocycles. The fraction of sp³-hybridized carbons (Fsp3) is 0.333. The monoisotopic (exact) mass is 353 g/mol. The molecule has 0 fully saturated rings. The van der Waals surface area contributed by atoms with Crippen LogP contribution in [0.2, 0.25) is 0 Å². The average molecular weight is 354 g/mol. The molecule has 1 unspecified atom stereocenters. The zero-order valence-corrected chi connectivity index (χ0v) is 14.0. The molecule has 1 N–H and O–H groups in total. The Morgan fingerprint density at radius 2 is 2.11 bits per heavy atom. The molecule has 4 heteroatoms. The molecule has 1 heterocycles. The first kappa shape index (κ1) is 13.5. The molecule has 100 valence electrons. The van der Waals surface area contributed by atoms with E-state index in [1.165, 1.54) is 44.1 Å². The lowest BCUT2D eigenvalue weighted by molar-refractivity contribution is 0.609. The number of aryl methyl sites for hydroxylation is 1. The van der Waals surface area contributed by atoms with Crippen LogP contribution in [-0.2, 0) is 6.42 Å². The van der Waals surface area contributed by atoms with Crippen molar-refractivity contribution in [3.8, 4) is 0 Å². The van der Waals surface area contributed by atoms with E-state index in [2.05, 4.69) is 57.8 Å². The number of thioether (sulfide) groups is 1. The zero-order chi connectivity index (χ0) is 13.2. The van der Waals surface area contributed by atoms with Crippen LogP contribution < -0.4 is 5.32 Å². The number of fused-ring (bicyclic) bond motifs is 1. The van der Waals surface area contributed by atoms with Crippen LogP contribution in [0.1, 0.15) is 29.3 Å². The van der Waals surface area contributed by atoms with Gasteiger partial charge in [-0.3, -0.25) is 0 Å². The van der Waals surface area contributed by atoms with Gasteiger partial charge in [-0.05, 0) is 77.3 Å². The molecule has 1 aromatic heterocycles. The maximum absolute atomic E-state index is 3.68. The third kappa shape index (κ3) is 3.01. The third-order valence-corrected chi connectivity index (χ3v) is 5.97. The molecule has 0 amide bonds. The third-order valence-electron chi connectivity index (χ3n) is 3.51. The molecule has 0 spiro atoms. The van der Waals surface area contributed by atoms with Crippen LogP contribution in [0.15, 0.2) is 39.0 Å². The van der Waals surface area contributed by atoms with Crippen LogP contribution >= 0.6 is 39.0 Å². The first-order valence-corrected chi connectivity index (χ1v) is 9.28. The van der Waals surface area contributed by atoms with E-state index < -0.39 is 0 Å². The van der Waals surface area contributed by atoms with Crippen molar-refractivity contribution in [2.45, 2.75) is 30.2 Å². The van der Waals surface area contributed by atoms with Gasteiger partial charge in [-0.2, -0.15) is 0 Å². The van der Waals surface area contributed by atoms with Crippen molar-refractivity contribution in [1.82, 2.24) is 0 Å². The summed E-state index contributed by atoms with van der Waals surface area (Å²) < 4.78 is 1.25. The van der Waals surface area contributed by atoms with E-state index in [1.807, 2.05) is 11.3 Å². The maximum Gasteiger partial charge on any atom is 0.0705 e. The maximum atomic E-state index is 3.68. The minimum absolute atomic E-state index is 0.464. The molecule has 1 nitrogen and oxygen atoms in total. The average Bonchev–Trinajstić information content (AvgIpc) is 2.81. The molecule has 0 saturated heterocycles. The van der Waals surface area contributed by atoms with Crippen molar-refractivity contribution in [2.75, 3.05) is 11.6 Å². The number of anilines is 1. The Balaban J connectivity index is 1.79. The van der Waals surface area contributed by atoms with Crippen molar-refractivity contribution < 1.29 is 0 Å². The molecule has 3 rings (SSSR count). The molecule has 19 heavy (non-hydrogen) atoms. The zero-order valence-electron chi connectivity index (χ0n) is 10.8. The fourth-order valence-corrected chi connectivity index (χ4v) is 4.79. The predicted octanol–water partition coefficient (Wildman–Crippen LogP) is 5.72. The number of halogens is 1. The summed E-state index contributed by atoms with van der Waals surface area (Å²) >= 11 is 7.28. The van der Waals surface area contributed by atoms with E-state index in [0.29, 0.717) is 6.04 Å². The number of hydrogen-bond acceptors (Lipinski definition) is 3. The summed E-state index contributed by atoms with van der Waals surface area (Å²) in [5.74, 6) is 0. The molecule has 1 aliphatic rings. The lowest BCUT2D eigenvalue weighted by atomic mass is 9.94. The molecule has 2 aromatic rings. The number of rotatable bonds is 3. The van der Waals surface area contributed by atoms with Gasteiger partial charge in [0.05, 0.1) is 9.83 Å². The molecule has 0 radical (unpaired) electrons. The molecular weight excluding hydrogens is 338 g/mol. The van der Waals surface area contributed by atoms with Crippen LogP contribution in [-0.4, -0.2) is 6.26 Å². The van der Waals surface area contributed by atoms with Gasteiger partial charge in [0.1, 0.15) is 0 Å². The van der Waals surface area contributed by atoms with Crippen molar-refractivity contribution in [2.24, 2.45) is 0 Å². The van der Waals surface area contributed by atoms with Crippen molar-refractivity contribution in [1.29, 1.82) is 0 Å². The highest BCUT2D eigenvalue weighted by Gasteiger charge is 2.22. The quantitative estimate of drug-likeness (QED) is 0.707. The van der Waals surface area contributed by atoms with E-state index in [-0.39, 0.29) is 0 Å². The van der Waals surface area contributed by atoms with E-state index in [0.717, 1.165) is 0 Å². The SMILES string of the molecule is CSc1ccc(NC2CCCc3sc(Br)cc32)cc1. The van der Waals surface area contributed by atoms with Gasteiger partial charge in [0.25, 0.3) is 0 Å². The minimum Gasteiger partial charge on any atom is -0.378 e. The first-order valence-electron chi connectivity index (χ1n) is 6.45. The smallest absolute Gasteiger partial charge is 0.0705 e. The van der Waals surface area contributed by atoms with E-state index in [4.69, 9.17) is 0 Å². The van der Waals surface area contributed by atoms with Gasteiger partial charge in [-0.15, -0.1) is 23.1 Å². The van der Waals surface area contributed by atoms with Crippen LogP contribution in [0.5, 0.6) is 0 Å². The Morgan fingerprint density at radius 1 is 1.32 bits per heavy atom. The molecule has 1 aromatic carbocycles. The standard InChI is InChI=1S/C15H16BrNS2/c1-18-11-7-5-10(6-8-11)17-13-3-2-4-14-12(13)9-15(16)19-14/h5-9,13,17H,2-4H2,1H3. The molecule has 0 saturated carbocycles. The Kier molecular flexibility index (Phi) is 4.20. The lowest BCUT2D eigenvalue weighted by Gasteiger charge is -2.24. The Morgan fingerprint density at radius 3 is 2.84 bits per heavy atom. The molecule has 1 atom stereocenters. The second kappa shape index (κ2) is 5.90. The molecule has 0 bridgehead atoms. The molecule has 0 aliphatic heterocycles. The largest absolute Gasteiger partial charge is 0.378 e. The fourth-order valence-electron chi connectivity index (χ4n) is 2.56. The van der Waals surface area contributed by atoms with Crippen molar-refractivity contribution >= 4 is 44.7 Å². The highest BCUT2D eigenvalue weighted by Crippen LogP contribution is 2.39. The number of hydrogen-bond donors (Lipinski definition) is 1. The summed E-state index contributed by atoms with van der Waals surface area (Å²) in [5, 5.41) is 3.68. The highest BCUT2D eigenvalue weighted by atomic mass is 79.9. The summed E-state index contributed by atoms with van der Waals surface area (Å²) in [5.41, 5.74) is 2.70. The normalized spacial score (nSPS) is 18.1. The topological polar surface area (TPSA) is 12.0 Å². The highest BCUT2D eigenvalue weighted by molar-refractivity contribution is 9.11. The summed E-state index contributed by atoms with van der Waals surface area (Å²) in [6, 6.07) is 11.5. The number of nitrogens with one attached hydrogen (secondary N) is 1. The van der Waals surface area contributed by atoms with Gasteiger partial charge in [0, 0.05) is 15.5 Å². The summed E-state index contributed by atoms with van der Waals surface area (Å²) in [4.78, 5) is 2.85. The Bertz CT molecular complexity index is 562. The van der Waals surface area contributed by atoms with Crippen molar-refractivity contribution in [3.63, 3.8) is 0 Å². The second-order valence-electron chi connectivity index (χ2n) is 4.75. The molecular formula is C15H16BrNS2. The van der Waals surface area contributed by atoms with E-state index >= 15 is 0 Å². The van der Waals surface area contributed by atoms with Gasteiger partial charge in [0.2, 0.25) is 0 Å². The van der Waals surface area contributed by atoms with E-state index in [1.54, 1.807) is 11.8 Å². The number of benzene rings is 1. The van der Waals surface area contributed by atoms with Crippen LogP contribution in [0, 0.1) is 0 Å². The summed E-state index contributed by atoms with van der Waals surface area (Å²) in [6.07, 6.45) is 5.84. The van der Waals surface area contributed by atoms with Gasteiger partial charge < -0.3 is 5.32 Å². The lowest BCUT2D eigenvalue weighted by Crippen LogP contribution is -2.15. The van der Waals surface area contributed by atoms with Gasteiger partial charge >= 0.3 is 0 Å². The van der Waals surface area contributed by atoms with Crippen LogP contribution in [0.4, 0.5) is 5.69 Å². The predicted molar refractivity (Wildman–Crippen MR) is 89.5 cm³/mol. The van der Waals surface area contributed by atoms with Gasteiger partial charge in [-0.25, -0.2) is 0 Å². The minimum atomic E-state index is 0.464. The summed E-state index contributed by atoms with van der Waals surface area (Å²) in [7, 11) is 0. The number of thiophene rings is 1. The van der Waals surface area contributed by atoms with Gasteiger partial charge in [-0.1, -0.05) is 0 Å². The Hall–Kier alpha value is -0.450. The van der Waals surface area contributed by atoms with E-state index in [9.17, 15) is 0 Å². The van der Waals surface area contributed by atoms with Gasteiger partial charge in [0.15, 0.2) is 0 Å².